The zero-order valence-corrected chi connectivity index (χ0v) is 26.0. The van der Waals surface area contributed by atoms with Gasteiger partial charge in [-0.2, -0.15) is 26.3 Å². The lowest BCUT2D eigenvalue weighted by Crippen LogP contribution is -2.04. The minimum absolute atomic E-state index is 0.151. The third-order valence-corrected chi connectivity index (χ3v) is 7.49. The summed E-state index contributed by atoms with van der Waals surface area (Å²) in [7, 11) is 0. The minimum atomic E-state index is -4.48. The zero-order chi connectivity index (χ0) is 34.8. The third kappa shape index (κ3) is 8.03. The average molecular weight is 673 g/mol. The summed E-state index contributed by atoms with van der Waals surface area (Å²) in [6.45, 7) is 3.87. The van der Waals surface area contributed by atoms with E-state index >= 15 is 0 Å². The van der Waals surface area contributed by atoms with E-state index in [1.807, 2.05) is 38.1 Å². The van der Waals surface area contributed by atoms with E-state index in [0.717, 1.165) is 46.5 Å². The monoisotopic (exact) mass is 672 g/mol. The third-order valence-electron chi connectivity index (χ3n) is 7.49. The summed E-state index contributed by atoms with van der Waals surface area (Å²) in [5, 5.41) is 16.4. The van der Waals surface area contributed by atoms with Crippen molar-refractivity contribution in [3.63, 3.8) is 0 Å². The highest BCUT2D eigenvalue weighted by molar-refractivity contribution is 5.61. The van der Waals surface area contributed by atoms with Crippen molar-refractivity contribution in [1.82, 2.24) is 20.4 Å². The number of alkyl halides is 6. The Labute approximate surface area is 277 Å². The van der Waals surface area contributed by atoms with Gasteiger partial charge in [-0.25, -0.2) is 0 Å². The topological polar surface area (TPSA) is 70.0 Å². The lowest BCUT2D eigenvalue weighted by Gasteiger charge is -2.15. The SMILES string of the molecule is Cc1ccc(Oc2ccc(-c3cccc(C(F)(F)F)c3)nn2)c(Cc2cc(C)ccc2Oc2ccc(-c3cccc(C(F)(F)F)c3)nn2)c1. The molecule has 6 rings (SSSR count). The summed E-state index contributed by atoms with van der Waals surface area (Å²) < 4.78 is 91.3. The molecule has 0 atom stereocenters. The molecule has 0 saturated carbocycles. The molecule has 6 aromatic rings. The van der Waals surface area contributed by atoms with E-state index in [1.165, 1.54) is 48.5 Å². The van der Waals surface area contributed by atoms with E-state index in [9.17, 15) is 26.3 Å². The molecule has 0 fully saturated rings. The molecule has 4 aromatic carbocycles. The molecule has 0 aliphatic rings. The van der Waals surface area contributed by atoms with Crippen LogP contribution in [0.25, 0.3) is 22.5 Å². The largest absolute Gasteiger partial charge is 0.437 e. The molecule has 0 spiro atoms. The quantitative estimate of drug-likeness (QED) is 0.150. The van der Waals surface area contributed by atoms with Crippen molar-refractivity contribution in [2.24, 2.45) is 0 Å². The van der Waals surface area contributed by atoms with Crippen molar-refractivity contribution in [1.29, 1.82) is 0 Å². The first-order valence-electron chi connectivity index (χ1n) is 14.9. The Morgan fingerprint density at radius 2 is 0.918 bits per heavy atom. The minimum Gasteiger partial charge on any atom is -0.437 e. The van der Waals surface area contributed by atoms with Gasteiger partial charge in [0.1, 0.15) is 11.5 Å². The van der Waals surface area contributed by atoms with Gasteiger partial charge in [0, 0.05) is 29.7 Å². The Kier molecular flexibility index (Phi) is 9.05. The fourth-order valence-corrected chi connectivity index (χ4v) is 5.09. The van der Waals surface area contributed by atoms with Gasteiger partial charge in [-0.3, -0.25) is 0 Å². The lowest BCUT2D eigenvalue weighted by molar-refractivity contribution is -0.138. The second-order valence-corrected chi connectivity index (χ2v) is 11.3. The van der Waals surface area contributed by atoms with Crippen LogP contribution in [0.1, 0.15) is 33.4 Å². The van der Waals surface area contributed by atoms with Crippen LogP contribution in [0, 0.1) is 13.8 Å². The van der Waals surface area contributed by atoms with Crippen LogP contribution in [-0.2, 0) is 18.8 Å². The van der Waals surface area contributed by atoms with E-state index in [4.69, 9.17) is 9.47 Å². The molecule has 248 valence electrons. The molecule has 0 bridgehead atoms. The van der Waals surface area contributed by atoms with Crippen molar-refractivity contribution in [3.05, 3.63) is 143 Å². The summed E-state index contributed by atoms with van der Waals surface area (Å²) in [6.07, 6.45) is -8.59. The van der Waals surface area contributed by atoms with Gasteiger partial charge in [0.25, 0.3) is 0 Å². The van der Waals surface area contributed by atoms with Crippen LogP contribution in [0.3, 0.4) is 0 Å². The molecule has 0 amide bonds. The molecule has 2 heterocycles. The predicted octanol–water partition coefficient (Wildman–Crippen LogP) is 10.4. The maximum Gasteiger partial charge on any atom is 0.416 e. The van der Waals surface area contributed by atoms with Crippen LogP contribution in [-0.4, -0.2) is 20.4 Å². The second-order valence-electron chi connectivity index (χ2n) is 11.3. The summed E-state index contributed by atoms with van der Waals surface area (Å²) in [6, 6.07) is 27.1. The van der Waals surface area contributed by atoms with Crippen LogP contribution in [0.15, 0.2) is 109 Å². The van der Waals surface area contributed by atoms with Crippen molar-refractivity contribution in [2.75, 3.05) is 0 Å². The van der Waals surface area contributed by atoms with Crippen molar-refractivity contribution < 1.29 is 35.8 Å². The van der Waals surface area contributed by atoms with E-state index in [-0.39, 0.29) is 34.3 Å². The number of aromatic nitrogens is 4. The smallest absolute Gasteiger partial charge is 0.416 e. The van der Waals surface area contributed by atoms with Crippen molar-refractivity contribution in [2.45, 2.75) is 32.6 Å². The van der Waals surface area contributed by atoms with E-state index < -0.39 is 23.5 Å². The van der Waals surface area contributed by atoms with Gasteiger partial charge >= 0.3 is 12.4 Å². The lowest BCUT2D eigenvalue weighted by atomic mass is 10.00. The molecule has 0 N–H and O–H groups in total. The number of aryl methyl sites for hydroxylation is 2. The number of nitrogens with zero attached hydrogens (tertiary/aromatic N) is 4. The van der Waals surface area contributed by atoms with Crippen LogP contribution in [0.5, 0.6) is 23.3 Å². The van der Waals surface area contributed by atoms with E-state index in [1.54, 1.807) is 12.1 Å². The Morgan fingerprint density at radius 1 is 0.490 bits per heavy atom. The number of rotatable bonds is 8. The fourth-order valence-electron chi connectivity index (χ4n) is 5.09. The maximum absolute atomic E-state index is 13.2. The first kappa shape index (κ1) is 33.1. The predicted molar refractivity (Wildman–Crippen MR) is 170 cm³/mol. The Morgan fingerprint density at radius 3 is 1.29 bits per heavy atom. The van der Waals surface area contributed by atoms with Crippen LogP contribution >= 0.6 is 0 Å². The molecule has 49 heavy (non-hydrogen) atoms. The molecule has 0 aliphatic carbocycles. The molecule has 0 aliphatic heterocycles. The van der Waals surface area contributed by atoms with Gasteiger partial charge in [0.15, 0.2) is 0 Å². The normalized spacial score (nSPS) is 11.8. The van der Waals surface area contributed by atoms with Gasteiger partial charge in [-0.15, -0.1) is 20.4 Å². The number of hydrogen-bond acceptors (Lipinski definition) is 6. The summed E-state index contributed by atoms with van der Waals surface area (Å²) in [4.78, 5) is 0. The molecule has 0 saturated heterocycles. The Bertz CT molecular complexity index is 1950. The molecular weight excluding hydrogens is 646 g/mol. The van der Waals surface area contributed by atoms with Crippen molar-refractivity contribution in [3.8, 4) is 45.8 Å². The first-order valence-corrected chi connectivity index (χ1v) is 14.9. The van der Waals surface area contributed by atoms with Crippen LogP contribution in [0.4, 0.5) is 26.3 Å². The highest BCUT2D eigenvalue weighted by Crippen LogP contribution is 2.35. The fraction of sp³-hybridized carbons (Fsp3) is 0.135. The summed E-state index contributed by atoms with van der Waals surface area (Å²) >= 11 is 0. The number of ether oxygens (including phenoxy) is 2. The zero-order valence-electron chi connectivity index (χ0n) is 26.0. The first-order chi connectivity index (χ1) is 23.3. The van der Waals surface area contributed by atoms with E-state index in [2.05, 4.69) is 20.4 Å². The summed E-state index contributed by atoms with van der Waals surface area (Å²) in [5.41, 5.74) is 3.03. The molecule has 12 heteroatoms. The van der Waals surface area contributed by atoms with Gasteiger partial charge in [0.2, 0.25) is 11.8 Å². The van der Waals surface area contributed by atoms with Gasteiger partial charge in [0.05, 0.1) is 22.5 Å². The molecule has 2 aromatic heterocycles. The van der Waals surface area contributed by atoms with Crippen LogP contribution in [0.2, 0.25) is 0 Å². The standard InChI is InChI=1S/C37H26F6N4O2/c1-22-9-13-32(48-34-15-11-30(44-46-34)24-5-3-7-28(20-24)36(38,39)40)26(17-22)19-27-18-23(2)10-14-33(27)49-35-16-12-31(45-47-35)25-6-4-8-29(21-25)37(41,42)43/h3-18,20-21H,19H2,1-2H3. The Hall–Kier alpha value is -5.78. The Balaban J connectivity index is 1.21. The second kappa shape index (κ2) is 13.4. The van der Waals surface area contributed by atoms with Gasteiger partial charge in [-0.05, 0) is 73.5 Å². The number of halogens is 6. The molecular formula is C37H26F6N4O2. The maximum atomic E-state index is 13.2. The molecule has 0 radical (unpaired) electrons. The highest BCUT2D eigenvalue weighted by Gasteiger charge is 2.31. The molecule has 6 nitrogen and oxygen atoms in total. The molecule has 0 unspecified atom stereocenters. The highest BCUT2D eigenvalue weighted by atomic mass is 19.4. The summed E-state index contributed by atoms with van der Waals surface area (Å²) in [5.74, 6) is 1.28. The van der Waals surface area contributed by atoms with Gasteiger partial charge < -0.3 is 9.47 Å². The van der Waals surface area contributed by atoms with Crippen LogP contribution < -0.4 is 9.47 Å². The van der Waals surface area contributed by atoms with Gasteiger partial charge in [-0.1, -0.05) is 59.7 Å². The van der Waals surface area contributed by atoms with E-state index in [0.29, 0.717) is 17.9 Å². The van der Waals surface area contributed by atoms with Crippen molar-refractivity contribution >= 4 is 0 Å². The average Bonchev–Trinajstić information content (AvgIpc) is 3.07. The number of benzene rings is 4. The number of hydrogen-bond donors (Lipinski definition) is 0.